The minimum atomic E-state index is 1.23. The van der Waals surface area contributed by atoms with Crippen molar-refractivity contribution in [3.63, 3.8) is 0 Å². The molecule has 0 radical (unpaired) electrons. The van der Waals surface area contributed by atoms with Gasteiger partial charge in [-0.1, -0.05) is 0 Å². The molecule has 0 aromatic carbocycles. The second-order valence-corrected chi connectivity index (χ2v) is 2.35. The molecule has 10 heavy (non-hydrogen) atoms. The number of hydrogen-bond donors (Lipinski definition) is 0. The minimum absolute atomic E-state index is 1.23. The van der Waals surface area contributed by atoms with E-state index in [1.807, 2.05) is 38.6 Å². The second-order valence-electron chi connectivity index (χ2n) is 2.35. The van der Waals surface area contributed by atoms with E-state index in [1.54, 1.807) is 0 Å². The highest BCUT2D eigenvalue weighted by molar-refractivity contribution is 5.21. The van der Waals surface area contributed by atoms with Gasteiger partial charge in [-0.3, -0.25) is 0 Å². The summed E-state index contributed by atoms with van der Waals surface area (Å²) in [5.74, 6) is 1.23. The molecule has 0 saturated heterocycles. The molecule has 0 aliphatic heterocycles. The van der Waals surface area contributed by atoms with Crippen LogP contribution < -0.4 is 4.57 Å². The molecule has 0 N–H and O–H groups in total. The fraction of sp³-hybridized carbons (Fsp3) is 0.375. The van der Waals surface area contributed by atoms with E-state index in [-0.39, 0.29) is 0 Å². The molecule has 0 aliphatic rings. The number of nitrogens with zero attached hydrogens (tertiary/aromatic N) is 2. The predicted molar refractivity (Wildman–Crippen MR) is 41.3 cm³/mol. The standard InChI is InChI=1S/C8H13N2/c1-4-5-10-7-6-9(3)8(10)2/h4-7H,1-3H3/q+1. The van der Waals surface area contributed by atoms with E-state index in [0.29, 0.717) is 0 Å². The predicted octanol–water partition coefficient (Wildman–Crippen LogP) is 1.11. The smallest absolute Gasteiger partial charge is 0.237 e. The van der Waals surface area contributed by atoms with Crippen molar-refractivity contribution in [2.24, 2.45) is 7.05 Å². The third kappa shape index (κ3) is 1.10. The second kappa shape index (κ2) is 2.69. The van der Waals surface area contributed by atoms with Gasteiger partial charge in [-0.05, 0) is 13.0 Å². The highest BCUT2D eigenvalue weighted by atomic mass is 15.1. The molecule has 1 aromatic rings. The first-order chi connectivity index (χ1) is 4.75. The van der Waals surface area contributed by atoms with Crippen LogP contribution in [0, 0.1) is 6.92 Å². The molecule has 0 spiro atoms. The average molecular weight is 137 g/mol. The van der Waals surface area contributed by atoms with Crippen molar-refractivity contribution in [2.45, 2.75) is 13.8 Å². The summed E-state index contributed by atoms with van der Waals surface area (Å²) in [6.07, 6.45) is 8.13. The highest BCUT2D eigenvalue weighted by Crippen LogP contribution is 1.92. The Hall–Kier alpha value is -1.05. The molecule has 1 aromatic heterocycles. The fourth-order valence-electron chi connectivity index (χ4n) is 0.888. The van der Waals surface area contributed by atoms with Gasteiger partial charge in [0.15, 0.2) is 0 Å². The van der Waals surface area contributed by atoms with Crippen LogP contribution in [0.15, 0.2) is 18.5 Å². The Bertz CT molecular complexity index is 246. The largest absolute Gasteiger partial charge is 0.257 e. The van der Waals surface area contributed by atoms with Gasteiger partial charge in [-0.25, -0.2) is 9.13 Å². The van der Waals surface area contributed by atoms with E-state index in [0.717, 1.165) is 0 Å². The topological polar surface area (TPSA) is 8.81 Å². The van der Waals surface area contributed by atoms with Gasteiger partial charge in [-0.2, -0.15) is 0 Å². The van der Waals surface area contributed by atoms with Gasteiger partial charge in [0.2, 0.25) is 0 Å². The van der Waals surface area contributed by atoms with Crippen LogP contribution in [0.2, 0.25) is 0 Å². The van der Waals surface area contributed by atoms with Crippen molar-refractivity contribution in [3.8, 4) is 0 Å². The van der Waals surface area contributed by atoms with Crippen molar-refractivity contribution >= 4 is 6.20 Å². The molecule has 1 rings (SSSR count). The summed E-state index contributed by atoms with van der Waals surface area (Å²) in [5, 5.41) is 0. The maximum atomic E-state index is 2.08. The van der Waals surface area contributed by atoms with E-state index in [9.17, 15) is 0 Å². The summed E-state index contributed by atoms with van der Waals surface area (Å²) in [6.45, 7) is 4.10. The molecule has 54 valence electrons. The van der Waals surface area contributed by atoms with Gasteiger partial charge in [0.25, 0.3) is 5.82 Å². The Balaban J connectivity index is 3.05. The normalized spacial score (nSPS) is 11.1. The monoisotopic (exact) mass is 137 g/mol. The SMILES string of the molecule is CC=Cn1cc[n+](C)c1C. The lowest BCUT2D eigenvalue weighted by molar-refractivity contribution is -0.676. The molecule has 0 unspecified atom stereocenters. The van der Waals surface area contributed by atoms with Crippen molar-refractivity contribution in [3.05, 3.63) is 24.3 Å². The third-order valence-electron chi connectivity index (χ3n) is 1.64. The molecule has 0 fully saturated rings. The van der Waals surface area contributed by atoms with Crippen molar-refractivity contribution in [2.75, 3.05) is 0 Å². The Labute approximate surface area is 61.4 Å². The molecule has 1 heterocycles. The highest BCUT2D eigenvalue weighted by Gasteiger charge is 2.03. The van der Waals surface area contributed by atoms with Crippen LogP contribution in [0.25, 0.3) is 6.20 Å². The Morgan fingerprint density at radius 2 is 2.30 bits per heavy atom. The van der Waals surface area contributed by atoms with Crippen molar-refractivity contribution < 1.29 is 4.57 Å². The quantitative estimate of drug-likeness (QED) is 0.513. The molecule has 2 heteroatoms. The van der Waals surface area contributed by atoms with Gasteiger partial charge < -0.3 is 0 Å². The molecular weight excluding hydrogens is 124 g/mol. The molecule has 0 amide bonds. The fourth-order valence-corrected chi connectivity index (χ4v) is 0.888. The van der Waals surface area contributed by atoms with E-state index in [1.165, 1.54) is 5.82 Å². The van der Waals surface area contributed by atoms with Crippen LogP contribution in [-0.4, -0.2) is 4.57 Å². The van der Waals surface area contributed by atoms with Gasteiger partial charge >= 0.3 is 0 Å². The van der Waals surface area contributed by atoms with Gasteiger partial charge in [0.1, 0.15) is 12.4 Å². The first kappa shape index (κ1) is 7.06. The Morgan fingerprint density at radius 3 is 2.70 bits per heavy atom. The molecule has 0 saturated carbocycles. The van der Waals surface area contributed by atoms with E-state index in [4.69, 9.17) is 0 Å². The average Bonchev–Trinajstić information content (AvgIpc) is 2.20. The summed E-state index contributed by atoms with van der Waals surface area (Å²) in [6, 6.07) is 0. The summed E-state index contributed by atoms with van der Waals surface area (Å²) >= 11 is 0. The minimum Gasteiger partial charge on any atom is -0.237 e. The molecule has 0 aliphatic carbocycles. The number of aryl methyl sites for hydroxylation is 1. The van der Waals surface area contributed by atoms with Crippen LogP contribution in [-0.2, 0) is 7.05 Å². The molecule has 0 bridgehead atoms. The van der Waals surface area contributed by atoms with E-state index < -0.39 is 0 Å². The van der Waals surface area contributed by atoms with Crippen LogP contribution in [0.5, 0.6) is 0 Å². The summed E-state index contributed by atoms with van der Waals surface area (Å²) in [5.41, 5.74) is 0. The first-order valence-electron chi connectivity index (χ1n) is 3.41. The van der Waals surface area contributed by atoms with E-state index in [2.05, 4.69) is 16.1 Å². The number of allylic oxidation sites excluding steroid dienone is 1. The lowest BCUT2D eigenvalue weighted by atomic mass is 10.6. The van der Waals surface area contributed by atoms with Crippen LogP contribution in [0.1, 0.15) is 12.7 Å². The van der Waals surface area contributed by atoms with Gasteiger partial charge in [0.05, 0.1) is 13.2 Å². The lowest BCUT2D eigenvalue weighted by Gasteiger charge is -1.87. The molecule has 2 nitrogen and oxygen atoms in total. The summed E-state index contributed by atoms with van der Waals surface area (Å²) < 4.78 is 4.17. The zero-order valence-corrected chi connectivity index (χ0v) is 6.70. The van der Waals surface area contributed by atoms with Crippen LogP contribution in [0.3, 0.4) is 0 Å². The Morgan fingerprint density at radius 1 is 1.60 bits per heavy atom. The van der Waals surface area contributed by atoms with Crippen LogP contribution in [0.4, 0.5) is 0 Å². The third-order valence-corrected chi connectivity index (χ3v) is 1.64. The number of hydrogen-bond acceptors (Lipinski definition) is 0. The lowest BCUT2D eigenvalue weighted by Crippen LogP contribution is -2.29. The van der Waals surface area contributed by atoms with Crippen LogP contribution >= 0.6 is 0 Å². The molecular formula is C8H13N2+. The summed E-state index contributed by atoms with van der Waals surface area (Å²) in [7, 11) is 2.04. The number of imidazole rings is 1. The van der Waals surface area contributed by atoms with Gasteiger partial charge in [-0.15, -0.1) is 0 Å². The number of rotatable bonds is 1. The van der Waals surface area contributed by atoms with E-state index >= 15 is 0 Å². The zero-order chi connectivity index (χ0) is 7.56. The number of aromatic nitrogens is 2. The Kier molecular flexibility index (Phi) is 1.90. The van der Waals surface area contributed by atoms with Crippen molar-refractivity contribution in [1.29, 1.82) is 0 Å². The zero-order valence-electron chi connectivity index (χ0n) is 6.70. The first-order valence-corrected chi connectivity index (χ1v) is 3.41. The maximum absolute atomic E-state index is 2.08. The van der Waals surface area contributed by atoms with Crippen molar-refractivity contribution in [1.82, 2.24) is 4.57 Å². The molecule has 0 atom stereocenters. The summed E-state index contributed by atoms with van der Waals surface area (Å²) in [4.78, 5) is 0. The maximum Gasteiger partial charge on any atom is 0.257 e. The van der Waals surface area contributed by atoms with Gasteiger partial charge in [0, 0.05) is 6.92 Å².